The fourth-order valence-corrected chi connectivity index (χ4v) is 3.25. The fraction of sp³-hybridized carbons (Fsp3) is 0.250. The predicted octanol–water partition coefficient (Wildman–Crippen LogP) is 3.90. The molecule has 0 fully saturated rings. The van der Waals surface area contributed by atoms with Gasteiger partial charge in [0.05, 0.1) is 31.5 Å². The summed E-state index contributed by atoms with van der Waals surface area (Å²) in [4.78, 5) is 30.2. The molecule has 2 aromatic carbocycles. The van der Waals surface area contributed by atoms with Gasteiger partial charge in [-0.05, 0) is 47.9 Å². The highest BCUT2D eigenvalue weighted by Gasteiger charge is 2.17. The first-order valence-electron chi connectivity index (χ1n) is 10.5. The predicted molar refractivity (Wildman–Crippen MR) is 124 cm³/mol. The van der Waals surface area contributed by atoms with E-state index >= 15 is 0 Å². The summed E-state index contributed by atoms with van der Waals surface area (Å²) in [5, 5.41) is 17.5. The number of carbonyl (C=O) groups is 2. The Kier molecular flexibility index (Phi) is 8.18. The summed E-state index contributed by atoms with van der Waals surface area (Å²) in [6.45, 7) is 2.30. The van der Waals surface area contributed by atoms with Crippen LogP contribution in [0.4, 0.5) is 10.5 Å². The van der Waals surface area contributed by atoms with Crippen LogP contribution in [0.2, 0.25) is 0 Å². The van der Waals surface area contributed by atoms with Crippen molar-refractivity contribution in [3.8, 4) is 5.69 Å². The minimum absolute atomic E-state index is 0.132. The molecule has 1 N–H and O–H groups in total. The average Bonchev–Trinajstić information content (AvgIpc) is 3.36. The summed E-state index contributed by atoms with van der Waals surface area (Å²) >= 11 is 0. The van der Waals surface area contributed by atoms with Crippen LogP contribution in [-0.4, -0.2) is 52.9 Å². The minimum Gasteiger partial charge on any atom is -0.481 e. The summed E-state index contributed by atoms with van der Waals surface area (Å²) in [5.74, 6) is -0.945. The molecule has 0 aliphatic heterocycles. The number of nitrogens with zero attached hydrogens (tertiary/aromatic N) is 4. The summed E-state index contributed by atoms with van der Waals surface area (Å²) in [6, 6.07) is 16.4. The Bertz CT molecular complexity index is 1090. The number of benzene rings is 2. The largest absolute Gasteiger partial charge is 0.481 e. The standard InChI is InChI=1S/C24H26N4O5/c1-3-22(19-8-10-20(11-9-19)28-13-5-12-25-28)26-33-15-14-27(24(31)32-2)21-7-4-6-18(16-21)17-23(29)30/h4-13,16H,3,14-15,17H2,1-2H3,(H,29,30)/b26-22+. The summed E-state index contributed by atoms with van der Waals surface area (Å²) in [7, 11) is 1.29. The molecule has 33 heavy (non-hydrogen) atoms. The highest BCUT2D eigenvalue weighted by Crippen LogP contribution is 2.18. The van der Waals surface area contributed by atoms with E-state index in [4.69, 9.17) is 14.7 Å². The van der Waals surface area contributed by atoms with E-state index in [1.807, 2.05) is 43.5 Å². The second-order valence-electron chi connectivity index (χ2n) is 7.08. The Labute approximate surface area is 191 Å². The molecule has 3 aromatic rings. The van der Waals surface area contributed by atoms with E-state index in [1.165, 1.54) is 12.0 Å². The number of carboxylic acid groups (broad SMARTS) is 1. The van der Waals surface area contributed by atoms with E-state index in [1.54, 1.807) is 35.1 Å². The molecule has 0 atom stereocenters. The first kappa shape index (κ1) is 23.5. The van der Waals surface area contributed by atoms with Crippen LogP contribution >= 0.6 is 0 Å². The zero-order chi connectivity index (χ0) is 23.6. The van der Waals surface area contributed by atoms with Gasteiger partial charge in [-0.1, -0.05) is 36.3 Å². The highest BCUT2D eigenvalue weighted by molar-refractivity contribution is 6.00. The van der Waals surface area contributed by atoms with Gasteiger partial charge in [0, 0.05) is 18.1 Å². The van der Waals surface area contributed by atoms with Crippen LogP contribution in [0.25, 0.3) is 5.69 Å². The Morgan fingerprint density at radius 2 is 1.94 bits per heavy atom. The number of amides is 1. The van der Waals surface area contributed by atoms with Crippen molar-refractivity contribution in [2.45, 2.75) is 19.8 Å². The maximum Gasteiger partial charge on any atom is 0.414 e. The first-order valence-corrected chi connectivity index (χ1v) is 10.5. The van der Waals surface area contributed by atoms with E-state index in [0.717, 1.165) is 17.0 Å². The van der Waals surface area contributed by atoms with E-state index < -0.39 is 12.1 Å². The van der Waals surface area contributed by atoms with Crippen molar-refractivity contribution in [3.05, 3.63) is 78.1 Å². The molecule has 0 aliphatic carbocycles. The lowest BCUT2D eigenvalue weighted by Gasteiger charge is -2.21. The molecule has 0 aliphatic rings. The number of anilines is 1. The Balaban J connectivity index is 1.65. The van der Waals surface area contributed by atoms with Crippen LogP contribution in [0, 0.1) is 0 Å². The van der Waals surface area contributed by atoms with E-state index in [-0.39, 0.29) is 19.6 Å². The van der Waals surface area contributed by atoms with Gasteiger partial charge in [-0.3, -0.25) is 9.69 Å². The lowest BCUT2D eigenvalue weighted by atomic mass is 10.1. The summed E-state index contributed by atoms with van der Waals surface area (Å²) in [5.41, 5.74) is 3.76. The van der Waals surface area contributed by atoms with Gasteiger partial charge in [0.25, 0.3) is 0 Å². The van der Waals surface area contributed by atoms with Crippen LogP contribution < -0.4 is 4.90 Å². The Morgan fingerprint density at radius 3 is 2.58 bits per heavy atom. The molecule has 9 nitrogen and oxygen atoms in total. The third-order valence-corrected chi connectivity index (χ3v) is 4.86. The maximum atomic E-state index is 12.3. The molecule has 0 bridgehead atoms. The number of rotatable bonds is 10. The molecule has 0 spiro atoms. The van der Waals surface area contributed by atoms with E-state index in [0.29, 0.717) is 17.7 Å². The number of aliphatic carboxylic acids is 1. The third-order valence-electron chi connectivity index (χ3n) is 4.86. The number of methoxy groups -OCH3 is 1. The third kappa shape index (κ3) is 6.42. The number of ether oxygens (including phenoxy) is 1. The molecule has 0 unspecified atom stereocenters. The molecule has 3 rings (SSSR count). The van der Waals surface area contributed by atoms with Crippen LogP contribution in [0.1, 0.15) is 24.5 Å². The van der Waals surface area contributed by atoms with Crippen molar-refractivity contribution in [1.82, 2.24) is 9.78 Å². The first-order chi connectivity index (χ1) is 16.0. The van der Waals surface area contributed by atoms with Gasteiger partial charge in [-0.2, -0.15) is 5.10 Å². The average molecular weight is 450 g/mol. The van der Waals surface area contributed by atoms with Crippen molar-refractivity contribution in [3.63, 3.8) is 0 Å². The van der Waals surface area contributed by atoms with Crippen LogP contribution in [0.15, 0.2) is 72.1 Å². The van der Waals surface area contributed by atoms with Crippen molar-refractivity contribution in [2.75, 3.05) is 25.2 Å². The summed E-state index contributed by atoms with van der Waals surface area (Å²) < 4.78 is 6.64. The lowest BCUT2D eigenvalue weighted by Crippen LogP contribution is -2.33. The smallest absolute Gasteiger partial charge is 0.414 e. The molecule has 1 heterocycles. The number of carbonyl (C=O) groups excluding carboxylic acids is 1. The van der Waals surface area contributed by atoms with Crippen molar-refractivity contribution in [1.29, 1.82) is 0 Å². The molecule has 0 saturated heterocycles. The molecule has 1 amide bonds. The monoisotopic (exact) mass is 450 g/mol. The van der Waals surface area contributed by atoms with Crippen molar-refractivity contribution < 1.29 is 24.3 Å². The van der Waals surface area contributed by atoms with Crippen LogP contribution in [-0.2, 0) is 20.8 Å². The van der Waals surface area contributed by atoms with Gasteiger partial charge < -0.3 is 14.7 Å². The van der Waals surface area contributed by atoms with Crippen molar-refractivity contribution in [2.24, 2.45) is 5.16 Å². The second kappa shape index (κ2) is 11.5. The molecule has 0 saturated carbocycles. The molecular weight excluding hydrogens is 424 g/mol. The molecule has 172 valence electrons. The molecule has 9 heteroatoms. The topological polar surface area (TPSA) is 106 Å². The number of oxime groups is 1. The molecule has 0 radical (unpaired) electrons. The highest BCUT2D eigenvalue weighted by atomic mass is 16.6. The van der Waals surface area contributed by atoms with E-state index in [2.05, 4.69) is 10.3 Å². The van der Waals surface area contributed by atoms with Crippen molar-refractivity contribution >= 4 is 23.5 Å². The zero-order valence-corrected chi connectivity index (χ0v) is 18.5. The quantitative estimate of drug-likeness (QED) is 0.285. The van der Waals surface area contributed by atoms with Gasteiger partial charge in [0.2, 0.25) is 0 Å². The maximum absolute atomic E-state index is 12.3. The second-order valence-corrected chi connectivity index (χ2v) is 7.08. The number of aromatic nitrogens is 2. The van der Waals surface area contributed by atoms with Crippen LogP contribution in [0.3, 0.4) is 0 Å². The number of carboxylic acids is 1. The molecular formula is C24H26N4O5. The Morgan fingerprint density at radius 1 is 1.15 bits per heavy atom. The molecule has 1 aromatic heterocycles. The van der Waals surface area contributed by atoms with Gasteiger partial charge >= 0.3 is 12.1 Å². The van der Waals surface area contributed by atoms with Crippen LogP contribution in [0.5, 0.6) is 0 Å². The normalized spacial score (nSPS) is 11.2. The van der Waals surface area contributed by atoms with Gasteiger partial charge in [0.1, 0.15) is 6.61 Å². The summed E-state index contributed by atoms with van der Waals surface area (Å²) in [6.07, 6.45) is 3.56. The van der Waals surface area contributed by atoms with Gasteiger partial charge in [0.15, 0.2) is 0 Å². The van der Waals surface area contributed by atoms with Gasteiger partial charge in [-0.15, -0.1) is 0 Å². The van der Waals surface area contributed by atoms with E-state index in [9.17, 15) is 9.59 Å². The fourth-order valence-electron chi connectivity index (χ4n) is 3.25. The minimum atomic E-state index is -0.945. The Hall–Kier alpha value is -4.14. The zero-order valence-electron chi connectivity index (χ0n) is 18.5. The number of hydrogen-bond donors (Lipinski definition) is 1. The van der Waals surface area contributed by atoms with Gasteiger partial charge in [-0.25, -0.2) is 9.48 Å². The number of hydrogen-bond acceptors (Lipinski definition) is 6. The lowest BCUT2D eigenvalue weighted by molar-refractivity contribution is -0.136. The SMILES string of the molecule is CC/C(=N\OCCN(C(=O)OC)c1cccc(CC(=O)O)c1)c1ccc(-n2cccn2)cc1.